The number of ether oxygens (including phenoxy) is 1. The number of rotatable bonds is 66. The third-order valence-corrected chi connectivity index (χ3v) is 42.8. The molecule has 0 N–H and O–H groups in total. The Bertz CT molecular complexity index is 2390. The SMILES string of the molecule is COC(=O)CCSP(=O)(OC(C)CSP(=O)(OC(C)CSP(=O)(OC(C)CC(C)C)OC(C)CC(C)C)OC(C)CSP(=O)(OC(C)CC(C)C)OC(C)CC(C)C)OC(C)CSP(=O)(OC(C)CSP(=O)(OC(C)CC(C)C)OC(C)CC(C)C)OC(C)CSP(=O)(OC(C)CC(C)C)OC(C)CC(C)C. The van der Waals surface area contributed by atoms with Crippen molar-refractivity contribution in [3.8, 4) is 0 Å². The van der Waals surface area contributed by atoms with E-state index in [9.17, 15) is 23.1 Å². The molecule has 14 unspecified atom stereocenters. The Kier molecular flexibility index (Phi) is 56.5. The van der Waals surface area contributed by atoms with E-state index in [1.807, 2.05) is 166 Å². The third kappa shape index (κ3) is 55.4. The zero-order valence-corrected chi connectivity index (χ0v) is 82.9. The second-order valence-corrected chi connectivity index (χ2v) is 60.2. The second-order valence-electron chi connectivity index (χ2n) is 31.9. The van der Waals surface area contributed by atoms with Gasteiger partial charge in [0.25, 0.3) is 0 Å². The average molecular weight is 1800 g/mol. The molecule has 0 heterocycles. The molecule has 107 heavy (non-hydrogen) atoms. The van der Waals surface area contributed by atoms with E-state index >= 15 is 13.7 Å². The van der Waals surface area contributed by atoms with E-state index in [1.165, 1.54) is 7.11 Å². The summed E-state index contributed by atoms with van der Waals surface area (Å²) in [6, 6.07) is 0. The Morgan fingerprint density at radius 1 is 0.215 bits per heavy atom. The van der Waals surface area contributed by atoms with Crippen LogP contribution in [-0.2, 0) is 105 Å². The Morgan fingerprint density at radius 3 is 0.458 bits per heavy atom. The van der Waals surface area contributed by atoms with Crippen LogP contribution in [0, 0.1) is 47.3 Å². The van der Waals surface area contributed by atoms with E-state index < -0.39 is 139 Å². The predicted molar refractivity (Wildman–Crippen MR) is 460 cm³/mol. The lowest BCUT2D eigenvalue weighted by atomic mass is 10.1. The highest BCUT2D eigenvalue weighted by molar-refractivity contribution is 8.57. The molecule has 0 aromatic carbocycles. The topological polar surface area (TPSA) is 275 Å². The molecule has 0 aliphatic heterocycles. The van der Waals surface area contributed by atoms with Gasteiger partial charge < -0.3 is 4.74 Å². The van der Waals surface area contributed by atoms with Crippen LogP contribution >= 0.6 is 127 Å². The molecule has 0 aliphatic rings. The van der Waals surface area contributed by atoms with Gasteiger partial charge in [0.2, 0.25) is 0 Å². The lowest BCUT2D eigenvalue weighted by molar-refractivity contribution is -0.140. The largest absolute Gasteiger partial charge is 0.469 e. The Labute approximate surface area is 678 Å². The quantitative estimate of drug-likeness (QED) is 0.0404. The molecular formula is C70H147O23P7S7. The van der Waals surface area contributed by atoms with Crippen LogP contribution in [0.25, 0.3) is 0 Å². The fourth-order valence-corrected chi connectivity index (χ4v) is 40.1. The van der Waals surface area contributed by atoms with Crippen LogP contribution in [0.15, 0.2) is 0 Å². The van der Waals surface area contributed by atoms with Gasteiger partial charge in [-0.25, -0.2) is 32.0 Å². The van der Waals surface area contributed by atoms with Crippen LogP contribution in [0.3, 0.4) is 0 Å². The van der Waals surface area contributed by atoms with E-state index in [0.717, 1.165) is 79.7 Å². The minimum atomic E-state index is -4.37. The molecule has 642 valence electrons. The summed E-state index contributed by atoms with van der Waals surface area (Å²) in [5.74, 6) is 0.996. The van der Waals surface area contributed by atoms with E-state index in [1.54, 1.807) is 41.5 Å². The number of hydrogen-bond donors (Lipinski definition) is 0. The number of carbonyl (C=O) groups excluding carboxylic acids is 1. The summed E-state index contributed by atoms with van der Waals surface area (Å²) in [5.41, 5.74) is 0. The fourth-order valence-electron chi connectivity index (χ4n) is 11.0. The van der Waals surface area contributed by atoms with Crippen molar-refractivity contribution in [1.29, 1.82) is 0 Å². The van der Waals surface area contributed by atoms with E-state index in [0.29, 0.717) is 51.4 Å². The zero-order valence-electron chi connectivity index (χ0n) is 70.9. The molecule has 0 fully saturated rings. The molecule has 37 heteroatoms. The highest BCUT2D eigenvalue weighted by Gasteiger charge is 2.42. The molecule has 0 radical (unpaired) electrons. The highest BCUT2D eigenvalue weighted by Crippen LogP contribution is 2.71. The van der Waals surface area contributed by atoms with E-state index in [-0.39, 0.29) is 94.0 Å². The van der Waals surface area contributed by atoms with Crippen molar-refractivity contribution in [3.05, 3.63) is 0 Å². The van der Waals surface area contributed by atoms with Gasteiger partial charge >= 0.3 is 53.6 Å². The van der Waals surface area contributed by atoms with Crippen molar-refractivity contribution in [2.24, 2.45) is 47.3 Å². The minimum absolute atomic E-state index is 0.000301. The van der Waals surface area contributed by atoms with Gasteiger partial charge in [0.1, 0.15) is 0 Å². The van der Waals surface area contributed by atoms with Crippen LogP contribution in [0.2, 0.25) is 0 Å². The van der Waals surface area contributed by atoms with Crippen molar-refractivity contribution < 1.29 is 105 Å². The van der Waals surface area contributed by atoms with Gasteiger partial charge in [-0.1, -0.05) is 111 Å². The van der Waals surface area contributed by atoms with Gasteiger partial charge in [-0.05, 0) is 275 Å². The first-order valence-corrected chi connectivity index (χ1v) is 60.3. The maximum absolute atomic E-state index is 15.5. The van der Waals surface area contributed by atoms with Crippen molar-refractivity contribution in [2.75, 3.05) is 47.4 Å². The number of methoxy groups -OCH3 is 1. The van der Waals surface area contributed by atoms with Gasteiger partial charge in [-0.15, -0.1) is 0 Å². The number of carbonyl (C=O) groups is 1. The molecule has 0 bridgehead atoms. The lowest BCUT2D eigenvalue weighted by Gasteiger charge is -2.30. The minimum Gasteiger partial charge on any atom is -0.469 e. The first-order chi connectivity index (χ1) is 49.0. The fraction of sp³-hybridized carbons (Fsp3) is 0.986. The predicted octanol–water partition coefficient (Wildman–Crippen LogP) is 27.5. The van der Waals surface area contributed by atoms with Crippen molar-refractivity contribution >= 4 is 133 Å². The van der Waals surface area contributed by atoms with Crippen LogP contribution in [-0.4, -0.2) is 139 Å². The first kappa shape index (κ1) is 110. The van der Waals surface area contributed by atoms with Gasteiger partial charge in [-0.3, -0.25) is 68.1 Å². The van der Waals surface area contributed by atoms with Gasteiger partial charge in [0.05, 0.1) is 99.0 Å². The van der Waals surface area contributed by atoms with Crippen LogP contribution < -0.4 is 0 Å². The average Bonchev–Trinajstić information content (AvgIpc) is 0.854. The molecule has 0 aromatic heterocycles. The molecule has 0 saturated heterocycles. The molecule has 0 saturated carbocycles. The van der Waals surface area contributed by atoms with Crippen LogP contribution in [0.5, 0.6) is 0 Å². The van der Waals surface area contributed by atoms with E-state index in [4.69, 9.17) is 68.1 Å². The van der Waals surface area contributed by atoms with Crippen molar-refractivity contribution in [1.82, 2.24) is 0 Å². The molecule has 0 rings (SSSR count). The maximum atomic E-state index is 15.5. The Balaban J connectivity index is 7.70. The molecule has 0 amide bonds. The molecular weight excluding hydrogens is 1650 g/mol. The molecule has 23 nitrogen and oxygen atoms in total. The zero-order chi connectivity index (χ0) is 82.6. The second kappa shape index (κ2) is 55.0. The van der Waals surface area contributed by atoms with Crippen molar-refractivity contribution in [2.45, 2.75) is 351 Å². The molecule has 0 spiro atoms. The summed E-state index contributed by atoms with van der Waals surface area (Å²) in [5, 5.41) is 0. The highest BCUT2D eigenvalue weighted by atomic mass is 32.7. The summed E-state index contributed by atoms with van der Waals surface area (Å²) in [6.45, 7) is 29.0. The standard InChI is InChI=1S/C70H147O23P7S7/c1-48(2)34-56(17)80-95(73,81-57(18)35-49(3)4)102-44-66(27)90-99(77,91-67(28)45-103-96(74,82-58(19)36-50(5)6)83-59(20)37-51(7)8)106-42-64(25)88-94(72,101-33-32-70(71)79-31)89-65(26)43-107-100(78,92-68(29)46-104-97(75,84-60(21)38-52(9)10)85-61(22)39-53(11)12)93-69(30)47-105-98(76,86-62(23)40-54(13)14)87-63(24)41-55(15)16/h48-69H,32-47H2,1-31H3. The van der Waals surface area contributed by atoms with Gasteiger partial charge in [0.15, 0.2) is 0 Å². The lowest BCUT2D eigenvalue weighted by Crippen LogP contribution is -2.19. The summed E-state index contributed by atoms with van der Waals surface area (Å²) in [7, 11) is 1.24. The first-order valence-electron chi connectivity index (χ1n) is 38.4. The van der Waals surface area contributed by atoms with Gasteiger partial charge in [0, 0.05) is 40.3 Å². The van der Waals surface area contributed by atoms with E-state index in [2.05, 4.69) is 0 Å². The summed E-state index contributed by atoms with van der Waals surface area (Å²) in [6.07, 6.45) is -4.09. The Hall–Kier alpha value is 2.97. The molecule has 14 atom stereocenters. The van der Waals surface area contributed by atoms with Crippen molar-refractivity contribution in [3.63, 3.8) is 0 Å². The maximum Gasteiger partial charge on any atom is 0.389 e. The summed E-state index contributed by atoms with van der Waals surface area (Å²) < 4.78 is 198. The smallest absolute Gasteiger partial charge is 0.389 e. The van der Waals surface area contributed by atoms with Gasteiger partial charge in [-0.2, -0.15) is 0 Å². The summed E-state index contributed by atoms with van der Waals surface area (Å²) in [4.78, 5) is 12.6. The number of esters is 1. The van der Waals surface area contributed by atoms with Crippen LogP contribution in [0.4, 0.5) is 0 Å². The van der Waals surface area contributed by atoms with Crippen LogP contribution in [0.1, 0.15) is 265 Å². The number of hydrogen-bond acceptors (Lipinski definition) is 30. The molecule has 0 aliphatic carbocycles. The summed E-state index contributed by atoms with van der Waals surface area (Å²) >= 11 is 6.08. The normalized spacial score (nSPS) is 20.8. The third-order valence-electron chi connectivity index (χ3n) is 14.3. The molecule has 0 aromatic rings. The monoisotopic (exact) mass is 1800 g/mol. The Morgan fingerprint density at radius 2 is 0.336 bits per heavy atom.